The number of nitrogens with zero attached hydrogens (tertiary/aromatic N) is 3. The molecule has 1 aromatic heterocycles. The molecule has 25 heavy (non-hydrogen) atoms. The molecule has 136 valence electrons. The summed E-state index contributed by atoms with van der Waals surface area (Å²) in [5.41, 5.74) is 0.362. The molecule has 0 aliphatic carbocycles. The van der Waals surface area contributed by atoms with Crippen LogP contribution in [0, 0.1) is 0 Å². The lowest BCUT2D eigenvalue weighted by molar-refractivity contribution is 0.0658. The first-order valence-electron chi connectivity index (χ1n) is 8.30. The lowest BCUT2D eigenvalue weighted by atomic mass is 10.2. The number of amides is 2. The molecule has 2 aliphatic heterocycles. The molecule has 1 N–H and O–H groups in total. The van der Waals surface area contributed by atoms with Gasteiger partial charge in [-0.05, 0) is 25.6 Å². The van der Waals surface area contributed by atoms with E-state index in [0.717, 1.165) is 13.1 Å². The highest BCUT2D eigenvalue weighted by Gasteiger charge is 2.29. The van der Waals surface area contributed by atoms with Crippen LogP contribution in [0.4, 0.5) is 0 Å². The maximum atomic E-state index is 12.5. The standard InChI is InChI=1S/C16H22N4O4S/c1-19-6-8-20(9-7-19)16(22)14-4-2-3-13(18-14)15(21)17-12-5-10-25(23,24)11-12/h2-4,12H,5-11H2,1H3,(H,17,21). The summed E-state index contributed by atoms with van der Waals surface area (Å²) in [5, 5.41) is 2.69. The number of likely N-dealkylation sites (N-methyl/N-ethyl adjacent to an activating group) is 1. The van der Waals surface area contributed by atoms with E-state index in [9.17, 15) is 18.0 Å². The maximum absolute atomic E-state index is 12.5. The first-order valence-corrected chi connectivity index (χ1v) is 10.1. The molecule has 1 atom stereocenters. The lowest BCUT2D eigenvalue weighted by Crippen LogP contribution is -2.47. The highest BCUT2D eigenvalue weighted by Crippen LogP contribution is 2.12. The smallest absolute Gasteiger partial charge is 0.272 e. The van der Waals surface area contributed by atoms with Crippen LogP contribution in [0.3, 0.4) is 0 Å². The minimum Gasteiger partial charge on any atom is -0.347 e. The summed E-state index contributed by atoms with van der Waals surface area (Å²) in [6.45, 7) is 2.88. The molecule has 0 radical (unpaired) electrons. The number of hydrogen-bond acceptors (Lipinski definition) is 6. The van der Waals surface area contributed by atoms with E-state index >= 15 is 0 Å². The van der Waals surface area contributed by atoms with E-state index < -0.39 is 21.8 Å². The molecule has 0 bridgehead atoms. The molecule has 2 aliphatic rings. The Morgan fingerprint density at radius 1 is 1.16 bits per heavy atom. The van der Waals surface area contributed by atoms with E-state index in [4.69, 9.17) is 0 Å². The van der Waals surface area contributed by atoms with Gasteiger partial charge in [0.05, 0.1) is 11.5 Å². The van der Waals surface area contributed by atoms with Crippen molar-refractivity contribution in [2.24, 2.45) is 0 Å². The fraction of sp³-hybridized carbons (Fsp3) is 0.562. The average Bonchev–Trinajstić information content (AvgIpc) is 2.93. The predicted octanol–water partition coefficient (Wildman–Crippen LogP) is -0.614. The average molecular weight is 366 g/mol. The Kier molecular flexibility index (Phi) is 5.05. The third-order valence-electron chi connectivity index (χ3n) is 4.56. The Bertz CT molecular complexity index is 772. The number of carbonyl (C=O) groups is 2. The van der Waals surface area contributed by atoms with Gasteiger partial charge < -0.3 is 15.1 Å². The highest BCUT2D eigenvalue weighted by atomic mass is 32.2. The molecule has 2 amide bonds. The molecule has 0 spiro atoms. The monoisotopic (exact) mass is 366 g/mol. The van der Waals surface area contributed by atoms with Crippen molar-refractivity contribution < 1.29 is 18.0 Å². The number of rotatable bonds is 3. The number of piperazine rings is 1. The van der Waals surface area contributed by atoms with Crippen LogP contribution >= 0.6 is 0 Å². The zero-order valence-electron chi connectivity index (χ0n) is 14.1. The summed E-state index contributed by atoms with van der Waals surface area (Å²) >= 11 is 0. The summed E-state index contributed by atoms with van der Waals surface area (Å²) in [6.07, 6.45) is 0.411. The molecular formula is C16H22N4O4S. The van der Waals surface area contributed by atoms with E-state index in [-0.39, 0.29) is 28.8 Å². The van der Waals surface area contributed by atoms with Crippen LogP contribution < -0.4 is 5.32 Å². The van der Waals surface area contributed by atoms with Gasteiger partial charge in [0.15, 0.2) is 9.84 Å². The van der Waals surface area contributed by atoms with Gasteiger partial charge in [0.1, 0.15) is 11.4 Å². The van der Waals surface area contributed by atoms with Crippen molar-refractivity contribution in [3.05, 3.63) is 29.6 Å². The van der Waals surface area contributed by atoms with Gasteiger partial charge in [-0.15, -0.1) is 0 Å². The van der Waals surface area contributed by atoms with E-state index in [1.807, 2.05) is 7.05 Å². The Labute approximate surface area is 147 Å². The van der Waals surface area contributed by atoms with Crippen LogP contribution in [0.25, 0.3) is 0 Å². The second-order valence-electron chi connectivity index (χ2n) is 6.58. The molecule has 3 heterocycles. The lowest BCUT2D eigenvalue weighted by Gasteiger charge is -2.32. The van der Waals surface area contributed by atoms with Gasteiger partial charge in [-0.3, -0.25) is 9.59 Å². The highest BCUT2D eigenvalue weighted by molar-refractivity contribution is 7.91. The number of pyridine rings is 1. The van der Waals surface area contributed by atoms with Crippen molar-refractivity contribution in [3.8, 4) is 0 Å². The van der Waals surface area contributed by atoms with Crippen molar-refractivity contribution in [3.63, 3.8) is 0 Å². The molecule has 9 heteroatoms. The van der Waals surface area contributed by atoms with E-state index in [1.54, 1.807) is 17.0 Å². The number of carbonyl (C=O) groups excluding carboxylic acids is 2. The molecular weight excluding hydrogens is 344 g/mol. The van der Waals surface area contributed by atoms with Crippen molar-refractivity contribution in [1.82, 2.24) is 20.1 Å². The largest absolute Gasteiger partial charge is 0.347 e. The zero-order valence-corrected chi connectivity index (χ0v) is 15.0. The number of aromatic nitrogens is 1. The Hall–Kier alpha value is -2.00. The Morgan fingerprint density at radius 3 is 2.48 bits per heavy atom. The summed E-state index contributed by atoms with van der Waals surface area (Å²) in [6, 6.07) is 4.35. The normalized spacial score (nSPS) is 23.4. The van der Waals surface area contributed by atoms with Crippen LogP contribution in [0.1, 0.15) is 27.4 Å². The molecule has 2 fully saturated rings. The van der Waals surface area contributed by atoms with Crippen molar-refractivity contribution in [1.29, 1.82) is 0 Å². The van der Waals surface area contributed by atoms with Crippen molar-refractivity contribution in [2.75, 3.05) is 44.7 Å². The molecule has 2 saturated heterocycles. The molecule has 0 aromatic carbocycles. The molecule has 8 nitrogen and oxygen atoms in total. The van der Waals surface area contributed by atoms with Crippen LogP contribution in [-0.4, -0.2) is 85.8 Å². The van der Waals surface area contributed by atoms with Crippen LogP contribution in [0.5, 0.6) is 0 Å². The first-order chi connectivity index (χ1) is 11.8. The van der Waals surface area contributed by atoms with Gasteiger partial charge in [0, 0.05) is 32.2 Å². The topological polar surface area (TPSA) is 99.7 Å². The van der Waals surface area contributed by atoms with Gasteiger partial charge >= 0.3 is 0 Å². The molecule has 0 saturated carbocycles. The Morgan fingerprint density at radius 2 is 1.84 bits per heavy atom. The van der Waals surface area contributed by atoms with Gasteiger partial charge in [-0.2, -0.15) is 0 Å². The maximum Gasteiger partial charge on any atom is 0.272 e. The van der Waals surface area contributed by atoms with Gasteiger partial charge in [-0.25, -0.2) is 13.4 Å². The van der Waals surface area contributed by atoms with Crippen LogP contribution in [-0.2, 0) is 9.84 Å². The third-order valence-corrected chi connectivity index (χ3v) is 6.33. The third kappa shape index (κ3) is 4.35. The second-order valence-corrected chi connectivity index (χ2v) is 8.81. The SMILES string of the molecule is CN1CCN(C(=O)c2cccc(C(=O)NC3CCS(=O)(=O)C3)n2)CC1. The summed E-state index contributed by atoms with van der Waals surface area (Å²) in [5.74, 6) is -0.590. The summed E-state index contributed by atoms with van der Waals surface area (Å²) in [4.78, 5) is 32.9. The molecule has 1 aromatic rings. The first kappa shape index (κ1) is 17.8. The second kappa shape index (κ2) is 7.09. The minimum atomic E-state index is -3.06. The van der Waals surface area contributed by atoms with E-state index in [1.165, 1.54) is 6.07 Å². The van der Waals surface area contributed by atoms with Gasteiger partial charge in [-0.1, -0.05) is 6.07 Å². The minimum absolute atomic E-state index is 0.0430. The zero-order chi connectivity index (χ0) is 18.0. The fourth-order valence-corrected chi connectivity index (χ4v) is 4.69. The van der Waals surface area contributed by atoms with E-state index in [2.05, 4.69) is 15.2 Å². The van der Waals surface area contributed by atoms with Gasteiger partial charge in [0.25, 0.3) is 11.8 Å². The van der Waals surface area contributed by atoms with Gasteiger partial charge in [0.2, 0.25) is 0 Å². The predicted molar refractivity (Wildman–Crippen MR) is 92.2 cm³/mol. The molecule has 3 rings (SSSR count). The van der Waals surface area contributed by atoms with Crippen LogP contribution in [0.2, 0.25) is 0 Å². The fourth-order valence-electron chi connectivity index (χ4n) is 3.02. The quantitative estimate of drug-likeness (QED) is 0.766. The summed E-state index contributed by atoms with van der Waals surface area (Å²) in [7, 11) is -1.06. The summed E-state index contributed by atoms with van der Waals surface area (Å²) < 4.78 is 23.0. The number of sulfone groups is 1. The number of nitrogens with one attached hydrogen (secondary N) is 1. The van der Waals surface area contributed by atoms with Crippen LogP contribution in [0.15, 0.2) is 18.2 Å². The van der Waals surface area contributed by atoms with E-state index in [0.29, 0.717) is 19.5 Å². The van der Waals surface area contributed by atoms with Crippen molar-refractivity contribution >= 4 is 21.7 Å². The number of hydrogen-bond donors (Lipinski definition) is 1. The van der Waals surface area contributed by atoms with Crippen molar-refractivity contribution in [2.45, 2.75) is 12.5 Å². The molecule has 1 unspecified atom stereocenters. The Balaban J connectivity index is 1.66.